The van der Waals surface area contributed by atoms with Crippen molar-refractivity contribution in [2.24, 2.45) is 7.05 Å². The molecule has 0 bridgehead atoms. The van der Waals surface area contributed by atoms with Crippen LogP contribution < -0.4 is 25.4 Å². The first kappa shape index (κ1) is 17.8. The molecule has 1 saturated heterocycles. The Morgan fingerprint density at radius 1 is 1.21 bits per heavy atom. The summed E-state index contributed by atoms with van der Waals surface area (Å²) in [5.41, 5.74) is 7.48. The van der Waals surface area contributed by atoms with Crippen LogP contribution in [0.15, 0.2) is 24.5 Å². The number of amides is 1. The molecule has 1 aliphatic heterocycles. The molecule has 4 rings (SSSR count). The molecule has 28 heavy (non-hydrogen) atoms. The Morgan fingerprint density at radius 3 is 2.64 bits per heavy atom. The van der Waals surface area contributed by atoms with Crippen molar-refractivity contribution in [3.63, 3.8) is 0 Å². The first-order chi connectivity index (χ1) is 13.5. The number of anilines is 3. The lowest BCUT2D eigenvalue weighted by Crippen LogP contribution is -2.33. The molecule has 3 heterocycles. The highest BCUT2D eigenvalue weighted by Crippen LogP contribution is 2.34. The molecule has 3 aromatic rings. The predicted octanol–water partition coefficient (Wildman–Crippen LogP) is 1.18. The van der Waals surface area contributed by atoms with Crippen LogP contribution in [0.4, 0.5) is 17.5 Å². The first-order valence-electron chi connectivity index (χ1n) is 8.76. The van der Waals surface area contributed by atoms with Crippen molar-refractivity contribution in [1.29, 1.82) is 0 Å². The van der Waals surface area contributed by atoms with Crippen molar-refractivity contribution in [2.75, 3.05) is 36.7 Å². The summed E-state index contributed by atoms with van der Waals surface area (Å²) in [6, 6.07) is 3.03. The van der Waals surface area contributed by atoms with Gasteiger partial charge in [-0.1, -0.05) is 0 Å². The van der Waals surface area contributed by atoms with Gasteiger partial charge in [0.1, 0.15) is 11.9 Å². The molecule has 1 aliphatic rings. The summed E-state index contributed by atoms with van der Waals surface area (Å²) in [7, 11) is 4.92. The minimum Gasteiger partial charge on any atom is -0.493 e. The largest absolute Gasteiger partial charge is 0.493 e. The van der Waals surface area contributed by atoms with E-state index in [9.17, 15) is 4.79 Å². The van der Waals surface area contributed by atoms with Gasteiger partial charge in [-0.05, 0) is 12.5 Å². The van der Waals surface area contributed by atoms with Crippen LogP contribution in [0, 0.1) is 0 Å². The molecule has 0 spiro atoms. The number of carbonyl (C=O) groups excluding carboxylic acids is 1. The Labute approximate surface area is 161 Å². The lowest BCUT2D eigenvalue weighted by molar-refractivity contribution is -0.117. The van der Waals surface area contributed by atoms with Crippen LogP contribution in [0.3, 0.4) is 0 Å². The number of nitrogens with one attached hydrogen (secondary N) is 1. The van der Waals surface area contributed by atoms with E-state index in [0.717, 1.165) is 5.69 Å². The van der Waals surface area contributed by atoms with E-state index in [-0.39, 0.29) is 5.91 Å². The highest BCUT2D eigenvalue weighted by molar-refractivity contribution is 6.01. The third-order valence-electron chi connectivity index (χ3n) is 4.74. The summed E-state index contributed by atoms with van der Waals surface area (Å²) in [5, 5.41) is 7.87. The van der Waals surface area contributed by atoms with Crippen molar-refractivity contribution in [3.8, 4) is 11.5 Å². The number of benzene rings is 1. The minimum atomic E-state index is -0.433. The van der Waals surface area contributed by atoms with Crippen LogP contribution in [0.5, 0.6) is 11.5 Å². The van der Waals surface area contributed by atoms with Gasteiger partial charge in [0, 0.05) is 31.2 Å². The Morgan fingerprint density at radius 2 is 1.96 bits per heavy atom. The number of aromatic nitrogens is 4. The first-order valence-corrected chi connectivity index (χ1v) is 8.76. The van der Waals surface area contributed by atoms with E-state index in [1.807, 2.05) is 13.2 Å². The molecule has 1 aromatic carbocycles. The zero-order chi connectivity index (χ0) is 19.8. The average molecular weight is 383 g/mol. The second kappa shape index (κ2) is 6.87. The van der Waals surface area contributed by atoms with Gasteiger partial charge in [-0.2, -0.15) is 10.1 Å². The van der Waals surface area contributed by atoms with Crippen LogP contribution in [-0.4, -0.2) is 52.5 Å². The van der Waals surface area contributed by atoms with Crippen molar-refractivity contribution < 1.29 is 14.3 Å². The summed E-state index contributed by atoms with van der Waals surface area (Å²) in [5.74, 6) is 1.62. The van der Waals surface area contributed by atoms with Crippen LogP contribution in [0.1, 0.15) is 6.42 Å². The van der Waals surface area contributed by atoms with Gasteiger partial charge in [0.05, 0.1) is 31.6 Å². The zero-order valence-corrected chi connectivity index (χ0v) is 15.8. The molecule has 1 atom stereocenters. The average Bonchev–Trinajstić information content (AvgIpc) is 3.26. The van der Waals surface area contributed by atoms with E-state index in [1.54, 1.807) is 42.1 Å². The van der Waals surface area contributed by atoms with E-state index in [2.05, 4.69) is 20.4 Å². The van der Waals surface area contributed by atoms with Crippen molar-refractivity contribution in [2.45, 2.75) is 12.5 Å². The lowest BCUT2D eigenvalue weighted by atomic mass is 10.2. The standard InChI is InChI=1S/C18H21N7O3/c1-24-9-10(8-20-24)25-5-4-12(17(25)26)21-18-22-13-7-15(28-3)14(27-2)6-11(13)16(19)23-18/h6-9,12H,4-5H2,1-3H3,(H3,19,21,22,23). The maximum absolute atomic E-state index is 12.8. The van der Waals surface area contributed by atoms with Gasteiger partial charge >= 0.3 is 0 Å². The Bertz CT molecular complexity index is 1050. The summed E-state index contributed by atoms with van der Waals surface area (Å²) in [6.07, 6.45) is 4.11. The van der Waals surface area contributed by atoms with Crippen LogP contribution in [0.2, 0.25) is 0 Å². The SMILES string of the molecule is COc1cc2nc(NC3CCN(c4cnn(C)c4)C3=O)nc(N)c2cc1OC. The molecule has 1 fully saturated rings. The van der Waals surface area contributed by atoms with Crippen molar-refractivity contribution >= 4 is 34.3 Å². The Balaban J connectivity index is 1.60. The van der Waals surface area contributed by atoms with E-state index in [0.29, 0.717) is 47.1 Å². The maximum atomic E-state index is 12.8. The van der Waals surface area contributed by atoms with Crippen LogP contribution in [-0.2, 0) is 11.8 Å². The Kier molecular flexibility index (Phi) is 4.38. The molecule has 1 amide bonds. The van der Waals surface area contributed by atoms with Gasteiger partial charge in [-0.15, -0.1) is 0 Å². The number of aryl methyl sites for hydroxylation is 1. The zero-order valence-electron chi connectivity index (χ0n) is 15.8. The monoisotopic (exact) mass is 383 g/mol. The highest BCUT2D eigenvalue weighted by Gasteiger charge is 2.33. The number of fused-ring (bicyclic) bond motifs is 1. The third kappa shape index (κ3) is 3.02. The molecule has 146 valence electrons. The molecule has 2 aromatic heterocycles. The number of methoxy groups -OCH3 is 2. The number of nitrogens with zero attached hydrogens (tertiary/aromatic N) is 5. The third-order valence-corrected chi connectivity index (χ3v) is 4.74. The smallest absolute Gasteiger partial charge is 0.249 e. The van der Waals surface area contributed by atoms with E-state index in [1.165, 1.54) is 0 Å². The van der Waals surface area contributed by atoms with Crippen LogP contribution >= 0.6 is 0 Å². The molecular weight excluding hydrogens is 362 g/mol. The van der Waals surface area contributed by atoms with Gasteiger partial charge in [0.15, 0.2) is 11.5 Å². The number of nitrogens with two attached hydrogens (primary N) is 1. The van der Waals surface area contributed by atoms with Gasteiger partial charge in [-0.25, -0.2) is 4.98 Å². The summed E-state index contributed by atoms with van der Waals surface area (Å²) in [6.45, 7) is 0.594. The highest BCUT2D eigenvalue weighted by atomic mass is 16.5. The van der Waals surface area contributed by atoms with Crippen molar-refractivity contribution in [3.05, 3.63) is 24.5 Å². The summed E-state index contributed by atoms with van der Waals surface area (Å²) < 4.78 is 12.3. The van der Waals surface area contributed by atoms with Gasteiger partial charge in [0.2, 0.25) is 11.9 Å². The normalized spacial score (nSPS) is 16.6. The quantitative estimate of drug-likeness (QED) is 0.674. The second-order valence-electron chi connectivity index (χ2n) is 6.50. The molecule has 0 saturated carbocycles. The van der Waals surface area contributed by atoms with E-state index >= 15 is 0 Å². The number of hydrogen-bond donors (Lipinski definition) is 2. The molecule has 10 nitrogen and oxygen atoms in total. The van der Waals surface area contributed by atoms with Crippen LogP contribution in [0.25, 0.3) is 10.9 Å². The summed E-state index contributed by atoms with van der Waals surface area (Å²) in [4.78, 5) is 23.3. The number of carbonyl (C=O) groups is 1. The fourth-order valence-corrected chi connectivity index (χ4v) is 3.32. The number of rotatable bonds is 5. The number of hydrogen-bond acceptors (Lipinski definition) is 8. The molecular formula is C18H21N7O3. The maximum Gasteiger partial charge on any atom is 0.249 e. The topological polar surface area (TPSA) is 120 Å². The molecule has 0 aliphatic carbocycles. The fourth-order valence-electron chi connectivity index (χ4n) is 3.32. The Hall–Kier alpha value is -3.56. The molecule has 0 radical (unpaired) electrons. The summed E-state index contributed by atoms with van der Waals surface area (Å²) >= 11 is 0. The van der Waals surface area contributed by atoms with Gasteiger partial charge in [0.25, 0.3) is 0 Å². The second-order valence-corrected chi connectivity index (χ2v) is 6.50. The lowest BCUT2D eigenvalue weighted by Gasteiger charge is -2.16. The van der Waals surface area contributed by atoms with Gasteiger partial charge in [-0.3, -0.25) is 9.48 Å². The minimum absolute atomic E-state index is 0.0532. The number of ether oxygens (including phenoxy) is 2. The van der Waals surface area contributed by atoms with E-state index in [4.69, 9.17) is 15.2 Å². The predicted molar refractivity (Wildman–Crippen MR) is 105 cm³/mol. The number of nitrogen functional groups attached to an aromatic ring is 1. The van der Waals surface area contributed by atoms with Gasteiger partial charge < -0.3 is 25.4 Å². The molecule has 1 unspecified atom stereocenters. The van der Waals surface area contributed by atoms with Crippen molar-refractivity contribution in [1.82, 2.24) is 19.7 Å². The fraction of sp³-hybridized carbons (Fsp3) is 0.333. The molecule has 3 N–H and O–H groups in total. The van der Waals surface area contributed by atoms with E-state index < -0.39 is 6.04 Å². The molecule has 10 heteroatoms.